The average molecular weight is 322 g/mol. The van der Waals surface area contributed by atoms with Gasteiger partial charge in [0.05, 0.1) is 0 Å². The predicted molar refractivity (Wildman–Crippen MR) is 80.5 cm³/mol. The molecule has 0 spiro atoms. The van der Waals surface area contributed by atoms with E-state index in [4.69, 9.17) is 0 Å². The highest BCUT2D eigenvalue weighted by Crippen LogP contribution is 2.19. The maximum Gasteiger partial charge on any atom is 0.127 e. The maximum atomic E-state index is 13.6. The average Bonchev–Trinajstić information content (AvgIpc) is 2.40. The van der Waals surface area contributed by atoms with Crippen molar-refractivity contribution < 1.29 is 4.39 Å². The van der Waals surface area contributed by atoms with Gasteiger partial charge in [0, 0.05) is 22.6 Å². The van der Waals surface area contributed by atoms with Gasteiger partial charge in [0.25, 0.3) is 0 Å². The van der Waals surface area contributed by atoms with Crippen LogP contribution in [0.4, 0.5) is 4.39 Å². The van der Waals surface area contributed by atoms with E-state index in [1.807, 2.05) is 25.1 Å². The lowest BCUT2D eigenvalue weighted by Crippen LogP contribution is -2.19. The van der Waals surface area contributed by atoms with E-state index in [-0.39, 0.29) is 11.9 Å². The topological polar surface area (TPSA) is 12.0 Å². The van der Waals surface area contributed by atoms with Crippen molar-refractivity contribution in [3.63, 3.8) is 0 Å². The van der Waals surface area contributed by atoms with E-state index in [9.17, 15) is 4.39 Å². The van der Waals surface area contributed by atoms with Gasteiger partial charge >= 0.3 is 0 Å². The summed E-state index contributed by atoms with van der Waals surface area (Å²) in [6.45, 7) is 4.77. The van der Waals surface area contributed by atoms with Crippen molar-refractivity contribution in [1.82, 2.24) is 5.32 Å². The van der Waals surface area contributed by atoms with Crippen LogP contribution in [-0.2, 0) is 6.54 Å². The molecule has 0 bridgehead atoms. The molecule has 1 N–H and O–H groups in total. The molecule has 2 aromatic rings. The lowest BCUT2D eigenvalue weighted by molar-refractivity contribution is 0.528. The maximum absolute atomic E-state index is 13.6. The van der Waals surface area contributed by atoms with Crippen molar-refractivity contribution in [2.24, 2.45) is 0 Å². The second-order valence-electron chi connectivity index (χ2n) is 4.71. The number of aryl methyl sites for hydroxylation is 1. The molecule has 19 heavy (non-hydrogen) atoms. The summed E-state index contributed by atoms with van der Waals surface area (Å²) in [7, 11) is 0. The Morgan fingerprint density at radius 2 is 1.95 bits per heavy atom. The number of halogens is 2. The fourth-order valence-electron chi connectivity index (χ4n) is 2.02. The molecule has 1 atom stereocenters. The second kappa shape index (κ2) is 6.31. The molecule has 2 aromatic carbocycles. The van der Waals surface area contributed by atoms with Crippen LogP contribution in [0, 0.1) is 12.7 Å². The third-order valence-corrected chi connectivity index (χ3v) is 4.10. The molecule has 0 aliphatic carbocycles. The first-order valence-corrected chi connectivity index (χ1v) is 7.10. The van der Waals surface area contributed by atoms with E-state index < -0.39 is 0 Å². The van der Waals surface area contributed by atoms with Gasteiger partial charge in [-0.3, -0.25) is 0 Å². The smallest absolute Gasteiger partial charge is 0.127 e. The van der Waals surface area contributed by atoms with Gasteiger partial charge in [0.15, 0.2) is 0 Å². The lowest BCUT2D eigenvalue weighted by Gasteiger charge is -2.15. The minimum Gasteiger partial charge on any atom is -0.306 e. The summed E-state index contributed by atoms with van der Waals surface area (Å²) >= 11 is 3.49. The van der Waals surface area contributed by atoms with Crippen LogP contribution in [0.5, 0.6) is 0 Å². The molecule has 3 heteroatoms. The molecule has 0 radical (unpaired) electrons. The fraction of sp³-hybridized carbons (Fsp3) is 0.250. The first kappa shape index (κ1) is 14.2. The molecular formula is C16H17BrFN. The molecule has 2 rings (SSSR count). The third kappa shape index (κ3) is 3.64. The second-order valence-corrected chi connectivity index (χ2v) is 5.56. The van der Waals surface area contributed by atoms with E-state index in [2.05, 4.69) is 40.3 Å². The first-order chi connectivity index (χ1) is 9.08. The summed E-state index contributed by atoms with van der Waals surface area (Å²) in [5.41, 5.74) is 3.11. The molecule has 0 fully saturated rings. The Morgan fingerprint density at radius 1 is 1.21 bits per heavy atom. The number of nitrogens with one attached hydrogen (secondary N) is 1. The van der Waals surface area contributed by atoms with Crippen molar-refractivity contribution in [3.05, 3.63) is 69.4 Å². The molecule has 1 nitrogen and oxygen atoms in total. The van der Waals surface area contributed by atoms with Gasteiger partial charge in [-0.2, -0.15) is 0 Å². The monoisotopic (exact) mass is 321 g/mol. The van der Waals surface area contributed by atoms with Gasteiger partial charge in [-0.15, -0.1) is 0 Å². The van der Waals surface area contributed by atoms with Crippen LogP contribution in [0.15, 0.2) is 46.9 Å². The normalized spacial score (nSPS) is 12.4. The molecule has 0 aliphatic heterocycles. The Labute approximate surface area is 122 Å². The fourth-order valence-corrected chi connectivity index (χ4v) is 2.27. The molecule has 0 amide bonds. The zero-order valence-corrected chi connectivity index (χ0v) is 12.7. The minimum absolute atomic E-state index is 0.00912. The van der Waals surface area contributed by atoms with Crippen molar-refractivity contribution in [1.29, 1.82) is 0 Å². The predicted octanol–water partition coefficient (Wildman–Crippen LogP) is 4.75. The summed E-state index contributed by atoms with van der Waals surface area (Å²) in [5, 5.41) is 3.35. The van der Waals surface area contributed by atoms with E-state index in [1.165, 1.54) is 17.2 Å². The zero-order chi connectivity index (χ0) is 13.8. The molecular weight excluding hydrogens is 305 g/mol. The van der Waals surface area contributed by atoms with Crippen LogP contribution in [0.2, 0.25) is 0 Å². The van der Waals surface area contributed by atoms with Crippen LogP contribution in [-0.4, -0.2) is 0 Å². The van der Waals surface area contributed by atoms with Crippen molar-refractivity contribution >= 4 is 15.9 Å². The largest absolute Gasteiger partial charge is 0.306 e. The van der Waals surface area contributed by atoms with E-state index in [0.717, 1.165) is 11.0 Å². The standard InChI is InChI=1S/C16H17BrFN/c1-11-9-13(7-8-15(11)17)10-19-12(2)14-5-3-4-6-16(14)18/h3-9,12,19H,10H2,1-2H3/t12-/m1/s1. The first-order valence-electron chi connectivity index (χ1n) is 6.31. The van der Waals surface area contributed by atoms with Gasteiger partial charge in [0.1, 0.15) is 5.82 Å². The Balaban J connectivity index is 2.02. The third-order valence-electron chi connectivity index (χ3n) is 3.21. The number of rotatable bonds is 4. The Morgan fingerprint density at radius 3 is 2.63 bits per heavy atom. The van der Waals surface area contributed by atoms with Gasteiger partial charge in [-0.1, -0.05) is 46.3 Å². The number of hydrogen-bond acceptors (Lipinski definition) is 1. The minimum atomic E-state index is -0.158. The highest BCUT2D eigenvalue weighted by Gasteiger charge is 2.09. The zero-order valence-electron chi connectivity index (χ0n) is 11.1. The molecule has 0 saturated carbocycles. The SMILES string of the molecule is Cc1cc(CN[C@H](C)c2ccccc2F)ccc1Br. The highest BCUT2D eigenvalue weighted by atomic mass is 79.9. The van der Waals surface area contributed by atoms with E-state index in [0.29, 0.717) is 5.56 Å². The van der Waals surface area contributed by atoms with Crippen molar-refractivity contribution in [2.75, 3.05) is 0 Å². The van der Waals surface area contributed by atoms with Crippen LogP contribution >= 0.6 is 15.9 Å². The Bertz CT molecular complexity index is 568. The van der Waals surface area contributed by atoms with Gasteiger partial charge in [-0.05, 0) is 37.1 Å². The number of benzene rings is 2. The van der Waals surface area contributed by atoms with E-state index >= 15 is 0 Å². The van der Waals surface area contributed by atoms with Crippen molar-refractivity contribution in [2.45, 2.75) is 26.4 Å². The van der Waals surface area contributed by atoms with Gasteiger partial charge in [0.2, 0.25) is 0 Å². The highest BCUT2D eigenvalue weighted by molar-refractivity contribution is 9.10. The molecule has 0 aromatic heterocycles. The number of hydrogen-bond donors (Lipinski definition) is 1. The summed E-state index contributed by atoms with van der Waals surface area (Å²) < 4.78 is 14.7. The van der Waals surface area contributed by atoms with Crippen LogP contribution in [0.1, 0.15) is 29.7 Å². The quantitative estimate of drug-likeness (QED) is 0.857. The summed E-state index contributed by atoms with van der Waals surface area (Å²) in [6, 6.07) is 13.1. The van der Waals surface area contributed by atoms with Gasteiger partial charge in [-0.25, -0.2) is 4.39 Å². The molecule has 100 valence electrons. The molecule has 0 aliphatic rings. The van der Waals surface area contributed by atoms with Gasteiger partial charge < -0.3 is 5.32 Å². The summed E-state index contributed by atoms with van der Waals surface area (Å²) in [6.07, 6.45) is 0. The van der Waals surface area contributed by atoms with Crippen molar-refractivity contribution in [3.8, 4) is 0 Å². The summed E-state index contributed by atoms with van der Waals surface area (Å²) in [5.74, 6) is -0.158. The van der Waals surface area contributed by atoms with E-state index in [1.54, 1.807) is 6.07 Å². The lowest BCUT2D eigenvalue weighted by atomic mass is 10.1. The molecule has 0 saturated heterocycles. The van der Waals surface area contributed by atoms with Crippen LogP contribution in [0.25, 0.3) is 0 Å². The molecule has 0 heterocycles. The van der Waals surface area contributed by atoms with Crippen LogP contribution in [0.3, 0.4) is 0 Å². The molecule has 0 unspecified atom stereocenters. The Hall–Kier alpha value is -1.19. The van der Waals surface area contributed by atoms with Crippen LogP contribution < -0.4 is 5.32 Å². The Kier molecular flexibility index (Phi) is 4.72. The summed E-state index contributed by atoms with van der Waals surface area (Å²) in [4.78, 5) is 0.